The van der Waals surface area contributed by atoms with Crippen LogP contribution in [0.25, 0.3) is 0 Å². The van der Waals surface area contributed by atoms with Crippen molar-refractivity contribution >= 4 is 39.1 Å². The van der Waals surface area contributed by atoms with Gasteiger partial charge in [-0.2, -0.15) is 0 Å². The van der Waals surface area contributed by atoms with Crippen molar-refractivity contribution in [2.45, 2.75) is 38.3 Å². The molecule has 0 saturated carbocycles. The van der Waals surface area contributed by atoms with Gasteiger partial charge in [-0.25, -0.2) is 8.42 Å². The number of hydrogen-bond acceptors (Lipinski definition) is 6. The molecule has 1 atom stereocenters. The number of carbonyl (C=O) groups excluding carboxylic acids is 2. The van der Waals surface area contributed by atoms with E-state index in [0.29, 0.717) is 23.1 Å². The van der Waals surface area contributed by atoms with E-state index < -0.39 is 28.5 Å². The number of aryl methyl sites for hydroxylation is 1. The van der Waals surface area contributed by atoms with Gasteiger partial charge in [-0.3, -0.25) is 13.9 Å². The van der Waals surface area contributed by atoms with Crippen LogP contribution in [0.2, 0.25) is 5.02 Å². The summed E-state index contributed by atoms with van der Waals surface area (Å²) in [5, 5.41) is 3.26. The molecule has 40 heavy (non-hydrogen) atoms. The Morgan fingerprint density at radius 2 is 1.57 bits per heavy atom. The fraction of sp³-hybridized carbons (Fsp3) is 0.310. The monoisotopic (exact) mass is 587 g/mol. The molecule has 2 amide bonds. The van der Waals surface area contributed by atoms with Gasteiger partial charge in [-0.05, 0) is 62.7 Å². The Kier molecular flexibility index (Phi) is 10.4. The number of sulfonamides is 1. The summed E-state index contributed by atoms with van der Waals surface area (Å²) in [6, 6.07) is 17.0. The standard InChI is InChI=1S/C29H34ClN3O6S/c1-6-31-29(35)21(3)32(18-22-9-11-23(30)12-10-22)28(34)19-33(24-13-16-26(38-4)27(17-24)39-5)40(36,37)25-14-7-20(2)8-15-25/h7-17,21H,6,18-19H2,1-5H3,(H,31,35)/t21-/m1/s1. The smallest absolute Gasteiger partial charge is 0.264 e. The molecule has 0 aromatic heterocycles. The number of rotatable bonds is 12. The van der Waals surface area contributed by atoms with Gasteiger partial charge in [0.15, 0.2) is 11.5 Å². The van der Waals surface area contributed by atoms with Gasteiger partial charge in [0.1, 0.15) is 12.6 Å². The van der Waals surface area contributed by atoms with E-state index in [9.17, 15) is 18.0 Å². The Morgan fingerprint density at radius 3 is 2.15 bits per heavy atom. The third-order valence-electron chi connectivity index (χ3n) is 6.33. The topological polar surface area (TPSA) is 105 Å². The molecule has 0 aliphatic carbocycles. The summed E-state index contributed by atoms with van der Waals surface area (Å²) in [6.07, 6.45) is 0. The van der Waals surface area contributed by atoms with E-state index in [1.807, 2.05) is 6.92 Å². The van der Waals surface area contributed by atoms with Crippen LogP contribution < -0.4 is 19.1 Å². The van der Waals surface area contributed by atoms with Crippen molar-refractivity contribution < 1.29 is 27.5 Å². The molecule has 214 valence electrons. The van der Waals surface area contributed by atoms with Crippen molar-refractivity contribution in [1.29, 1.82) is 0 Å². The van der Waals surface area contributed by atoms with Crippen LogP contribution in [0.3, 0.4) is 0 Å². The van der Waals surface area contributed by atoms with Crippen molar-refractivity contribution in [3.05, 3.63) is 82.9 Å². The average Bonchev–Trinajstić information content (AvgIpc) is 2.95. The first-order chi connectivity index (χ1) is 19.0. The number of ether oxygens (including phenoxy) is 2. The molecule has 0 spiro atoms. The lowest BCUT2D eigenvalue weighted by molar-refractivity contribution is -0.139. The average molecular weight is 588 g/mol. The second-order valence-electron chi connectivity index (χ2n) is 9.08. The van der Waals surface area contributed by atoms with Gasteiger partial charge in [-0.1, -0.05) is 41.4 Å². The zero-order chi connectivity index (χ0) is 29.4. The quantitative estimate of drug-likeness (QED) is 0.336. The van der Waals surface area contributed by atoms with Crippen LogP contribution >= 0.6 is 11.6 Å². The lowest BCUT2D eigenvalue weighted by Gasteiger charge is -2.32. The molecule has 0 bridgehead atoms. The molecule has 0 radical (unpaired) electrons. The van der Waals surface area contributed by atoms with Crippen molar-refractivity contribution in [3.8, 4) is 11.5 Å². The fourth-order valence-corrected chi connectivity index (χ4v) is 5.57. The predicted octanol–water partition coefficient (Wildman–Crippen LogP) is 4.41. The van der Waals surface area contributed by atoms with Gasteiger partial charge >= 0.3 is 0 Å². The maximum absolute atomic E-state index is 13.9. The van der Waals surface area contributed by atoms with Crippen LogP contribution in [0.15, 0.2) is 71.6 Å². The summed E-state index contributed by atoms with van der Waals surface area (Å²) in [5.74, 6) is -0.229. The highest BCUT2D eigenvalue weighted by Gasteiger charge is 2.33. The maximum atomic E-state index is 13.9. The lowest BCUT2D eigenvalue weighted by Crippen LogP contribution is -2.51. The van der Waals surface area contributed by atoms with Crippen LogP contribution in [-0.2, 0) is 26.2 Å². The molecule has 0 unspecified atom stereocenters. The minimum Gasteiger partial charge on any atom is -0.493 e. The highest BCUT2D eigenvalue weighted by Crippen LogP contribution is 2.34. The molecular formula is C29H34ClN3O6S. The highest BCUT2D eigenvalue weighted by molar-refractivity contribution is 7.92. The van der Waals surface area contributed by atoms with Crippen LogP contribution in [0.1, 0.15) is 25.0 Å². The summed E-state index contributed by atoms with van der Waals surface area (Å²) in [6.45, 7) is 5.12. The molecule has 0 fully saturated rings. The first-order valence-corrected chi connectivity index (χ1v) is 14.5. The number of nitrogens with one attached hydrogen (secondary N) is 1. The molecule has 0 saturated heterocycles. The van der Waals surface area contributed by atoms with E-state index in [1.54, 1.807) is 56.3 Å². The Morgan fingerprint density at radius 1 is 0.950 bits per heavy atom. The Hall–Kier alpha value is -3.76. The third kappa shape index (κ3) is 7.25. The van der Waals surface area contributed by atoms with E-state index >= 15 is 0 Å². The first kappa shape index (κ1) is 30.8. The van der Waals surface area contributed by atoms with E-state index in [4.69, 9.17) is 21.1 Å². The number of carbonyl (C=O) groups is 2. The fourth-order valence-electron chi connectivity index (χ4n) is 4.04. The predicted molar refractivity (Wildman–Crippen MR) is 155 cm³/mol. The minimum absolute atomic E-state index is 0.0155. The molecule has 0 aliphatic rings. The molecule has 0 aliphatic heterocycles. The van der Waals surface area contributed by atoms with Crippen molar-refractivity contribution in [1.82, 2.24) is 10.2 Å². The van der Waals surface area contributed by atoms with Crippen LogP contribution in [0.5, 0.6) is 11.5 Å². The van der Waals surface area contributed by atoms with Crippen molar-refractivity contribution in [2.24, 2.45) is 0 Å². The normalized spacial score (nSPS) is 11.8. The molecule has 3 aromatic carbocycles. The van der Waals surface area contributed by atoms with Crippen LogP contribution in [-0.4, -0.2) is 58.5 Å². The summed E-state index contributed by atoms with van der Waals surface area (Å²) in [7, 11) is -1.30. The molecule has 1 N–H and O–H groups in total. The van der Waals surface area contributed by atoms with E-state index in [-0.39, 0.29) is 23.0 Å². The maximum Gasteiger partial charge on any atom is 0.264 e. The third-order valence-corrected chi connectivity index (χ3v) is 8.37. The largest absolute Gasteiger partial charge is 0.493 e. The van der Waals surface area contributed by atoms with Gasteiger partial charge in [0.25, 0.3) is 10.0 Å². The van der Waals surface area contributed by atoms with Gasteiger partial charge < -0.3 is 19.7 Å². The summed E-state index contributed by atoms with van der Waals surface area (Å²) in [5.41, 5.74) is 1.81. The Labute approximate surface area is 240 Å². The van der Waals surface area contributed by atoms with E-state index in [2.05, 4.69) is 5.32 Å². The number of methoxy groups -OCH3 is 2. The summed E-state index contributed by atoms with van der Waals surface area (Å²) < 4.78 is 39.6. The number of amides is 2. The second kappa shape index (κ2) is 13.5. The number of benzene rings is 3. The number of hydrogen-bond donors (Lipinski definition) is 1. The molecule has 0 heterocycles. The number of halogens is 1. The summed E-state index contributed by atoms with van der Waals surface area (Å²) >= 11 is 6.03. The lowest BCUT2D eigenvalue weighted by atomic mass is 10.1. The molecule has 3 aromatic rings. The number of likely N-dealkylation sites (N-methyl/N-ethyl adjacent to an activating group) is 1. The van der Waals surface area contributed by atoms with Crippen molar-refractivity contribution in [2.75, 3.05) is 31.6 Å². The second-order valence-corrected chi connectivity index (χ2v) is 11.4. The van der Waals surface area contributed by atoms with Crippen LogP contribution in [0, 0.1) is 6.92 Å². The SMILES string of the molecule is CCNC(=O)[C@@H](C)N(Cc1ccc(Cl)cc1)C(=O)CN(c1ccc(OC)c(OC)c1)S(=O)(=O)c1ccc(C)cc1. The molecule has 3 rings (SSSR count). The molecular weight excluding hydrogens is 554 g/mol. The zero-order valence-electron chi connectivity index (χ0n) is 23.2. The van der Waals surface area contributed by atoms with Gasteiger partial charge in [0.05, 0.1) is 24.8 Å². The Bertz CT molecular complexity index is 1430. The van der Waals surface area contributed by atoms with E-state index in [0.717, 1.165) is 15.4 Å². The Balaban J connectivity index is 2.08. The zero-order valence-corrected chi connectivity index (χ0v) is 24.8. The minimum atomic E-state index is -4.21. The number of nitrogens with zero attached hydrogens (tertiary/aromatic N) is 2. The highest BCUT2D eigenvalue weighted by atomic mass is 35.5. The number of anilines is 1. The first-order valence-electron chi connectivity index (χ1n) is 12.6. The molecule has 11 heteroatoms. The van der Waals surface area contributed by atoms with Crippen LogP contribution in [0.4, 0.5) is 5.69 Å². The van der Waals surface area contributed by atoms with Crippen molar-refractivity contribution in [3.63, 3.8) is 0 Å². The van der Waals surface area contributed by atoms with Gasteiger partial charge in [-0.15, -0.1) is 0 Å². The van der Waals surface area contributed by atoms with Gasteiger partial charge in [0.2, 0.25) is 11.8 Å². The summed E-state index contributed by atoms with van der Waals surface area (Å²) in [4.78, 5) is 28.1. The molecule has 9 nitrogen and oxygen atoms in total. The van der Waals surface area contributed by atoms with Gasteiger partial charge in [0, 0.05) is 24.2 Å². The van der Waals surface area contributed by atoms with E-state index in [1.165, 1.54) is 43.4 Å².